The summed E-state index contributed by atoms with van der Waals surface area (Å²) in [6.45, 7) is 4.53. The van der Waals surface area contributed by atoms with Crippen LogP contribution in [0.15, 0.2) is 55.1 Å². The van der Waals surface area contributed by atoms with Gasteiger partial charge in [-0.3, -0.25) is 0 Å². The second kappa shape index (κ2) is 5.85. The van der Waals surface area contributed by atoms with E-state index in [4.69, 9.17) is 4.74 Å². The van der Waals surface area contributed by atoms with E-state index in [0.717, 1.165) is 39.4 Å². The molecular formula is C19H18N4O. The number of aromatic amines is 1. The summed E-state index contributed by atoms with van der Waals surface area (Å²) in [5, 5.41) is 0. The molecule has 4 rings (SSSR count). The van der Waals surface area contributed by atoms with E-state index in [1.807, 2.05) is 29.0 Å². The Morgan fingerprint density at radius 1 is 1.12 bits per heavy atom. The van der Waals surface area contributed by atoms with Crippen LogP contribution >= 0.6 is 0 Å². The molecule has 4 aromatic rings. The first kappa shape index (κ1) is 14.5. The van der Waals surface area contributed by atoms with Crippen LogP contribution in [0.2, 0.25) is 0 Å². The van der Waals surface area contributed by atoms with Crippen molar-refractivity contribution in [3.63, 3.8) is 0 Å². The molecule has 2 heterocycles. The molecule has 0 aliphatic rings. The zero-order valence-corrected chi connectivity index (χ0v) is 13.7. The molecule has 24 heavy (non-hydrogen) atoms. The minimum absolute atomic E-state index is 0.417. The van der Waals surface area contributed by atoms with Gasteiger partial charge in [-0.05, 0) is 43.2 Å². The van der Waals surface area contributed by atoms with Crippen LogP contribution in [0.5, 0.6) is 5.75 Å². The maximum absolute atomic E-state index is 5.98. The molecule has 0 saturated heterocycles. The summed E-state index contributed by atoms with van der Waals surface area (Å²) < 4.78 is 7.94. The zero-order chi connectivity index (χ0) is 16.5. The first-order valence-corrected chi connectivity index (χ1v) is 7.87. The fraction of sp³-hybridized carbons (Fsp3) is 0.158. The Balaban J connectivity index is 1.59. The number of H-pyrrole nitrogens is 1. The summed E-state index contributed by atoms with van der Waals surface area (Å²) in [6.07, 6.45) is 5.46. The molecule has 0 fully saturated rings. The lowest BCUT2D eigenvalue weighted by molar-refractivity contribution is 0.293. The molecule has 0 atom stereocenters. The van der Waals surface area contributed by atoms with Gasteiger partial charge < -0.3 is 14.3 Å². The van der Waals surface area contributed by atoms with Gasteiger partial charge in [-0.15, -0.1) is 0 Å². The van der Waals surface area contributed by atoms with Gasteiger partial charge in [0, 0.05) is 18.1 Å². The Bertz CT molecular complexity index is 966. The minimum Gasteiger partial charge on any atom is -0.485 e. The highest BCUT2D eigenvalue weighted by Crippen LogP contribution is 2.24. The topological polar surface area (TPSA) is 55.7 Å². The molecule has 5 nitrogen and oxygen atoms in total. The largest absolute Gasteiger partial charge is 0.485 e. The number of aromatic nitrogens is 4. The summed E-state index contributed by atoms with van der Waals surface area (Å²) >= 11 is 0. The quantitative estimate of drug-likeness (QED) is 0.620. The van der Waals surface area contributed by atoms with E-state index >= 15 is 0 Å². The molecule has 0 amide bonds. The third-order valence-electron chi connectivity index (χ3n) is 4.08. The van der Waals surface area contributed by atoms with Gasteiger partial charge in [-0.25, -0.2) is 9.97 Å². The molecule has 0 aliphatic heterocycles. The average molecular weight is 318 g/mol. The van der Waals surface area contributed by atoms with Crippen molar-refractivity contribution in [1.82, 2.24) is 19.5 Å². The van der Waals surface area contributed by atoms with Crippen LogP contribution < -0.4 is 4.74 Å². The number of aryl methyl sites for hydroxylation is 2. The van der Waals surface area contributed by atoms with Crippen LogP contribution in [-0.2, 0) is 6.61 Å². The summed E-state index contributed by atoms with van der Waals surface area (Å²) in [7, 11) is 0. The Morgan fingerprint density at radius 3 is 2.71 bits per heavy atom. The molecule has 0 unspecified atom stereocenters. The van der Waals surface area contributed by atoms with E-state index in [0.29, 0.717) is 6.61 Å². The first-order chi connectivity index (χ1) is 11.7. The Kier molecular flexibility index (Phi) is 3.54. The van der Waals surface area contributed by atoms with Crippen molar-refractivity contribution in [1.29, 1.82) is 0 Å². The van der Waals surface area contributed by atoms with Crippen molar-refractivity contribution in [3.8, 4) is 11.4 Å². The number of hydrogen-bond donors (Lipinski definition) is 1. The highest BCUT2D eigenvalue weighted by molar-refractivity contribution is 5.77. The summed E-state index contributed by atoms with van der Waals surface area (Å²) in [4.78, 5) is 12.0. The van der Waals surface area contributed by atoms with E-state index in [1.54, 1.807) is 12.5 Å². The first-order valence-electron chi connectivity index (χ1n) is 7.87. The third kappa shape index (κ3) is 2.65. The molecule has 5 heteroatoms. The highest BCUT2D eigenvalue weighted by atomic mass is 16.5. The maximum atomic E-state index is 5.98. The number of fused-ring (bicyclic) bond motifs is 1. The lowest BCUT2D eigenvalue weighted by Gasteiger charge is -2.10. The van der Waals surface area contributed by atoms with Gasteiger partial charge >= 0.3 is 0 Å². The lowest BCUT2D eigenvalue weighted by Crippen LogP contribution is -2.00. The second-order valence-electron chi connectivity index (χ2n) is 5.86. The van der Waals surface area contributed by atoms with E-state index < -0.39 is 0 Å². The van der Waals surface area contributed by atoms with Crippen LogP contribution in [0.4, 0.5) is 0 Å². The molecule has 2 aromatic heterocycles. The van der Waals surface area contributed by atoms with Crippen LogP contribution in [0.25, 0.3) is 16.7 Å². The van der Waals surface area contributed by atoms with Gasteiger partial charge in [0.25, 0.3) is 0 Å². The molecule has 0 radical (unpaired) electrons. The van der Waals surface area contributed by atoms with Crippen molar-refractivity contribution in [2.24, 2.45) is 0 Å². The predicted molar refractivity (Wildman–Crippen MR) is 93.5 cm³/mol. The molecule has 0 bridgehead atoms. The smallest absolute Gasteiger partial charge is 0.146 e. The SMILES string of the molecule is Cc1cccc(C)c1OCc1nc2ccc(-n3ccnc3)cc2[nH]1. The van der Waals surface area contributed by atoms with Gasteiger partial charge in [0.2, 0.25) is 0 Å². The van der Waals surface area contributed by atoms with Crippen LogP contribution in [-0.4, -0.2) is 19.5 Å². The van der Waals surface area contributed by atoms with Crippen molar-refractivity contribution in [2.45, 2.75) is 20.5 Å². The second-order valence-corrected chi connectivity index (χ2v) is 5.86. The van der Waals surface area contributed by atoms with E-state index in [2.05, 4.69) is 47.0 Å². The standard InChI is InChI=1S/C19H18N4O/c1-13-4-3-5-14(2)19(13)24-11-18-21-16-7-6-15(10-17(16)22-18)23-9-8-20-12-23/h3-10,12H,11H2,1-2H3,(H,21,22). The minimum atomic E-state index is 0.417. The Labute approximate surface area is 140 Å². The fourth-order valence-corrected chi connectivity index (χ4v) is 2.86. The fourth-order valence-electron chi connectivity index (χ4n) is 2.86. The van der Waals surface area contributed by atoms with E-state index in [-0.39, 0.29) is 0 Å². The van der Waals surface area contributed by atoms with Gasteiger partial charge in [0.05, 0.1) is 17.4 Å². The number of nitrogens with zero attached hydrogens (tertiary/aromatic N) is 3. The number of para-hydroxylation sites is 1. The van der Waals surface area contributed by atoms with E-state index in [1.165, 1.54) is 0 Å². The van der Waals surface area contributed by atoms with Crippen LogP contribution in [0, 0.1) is 13.8 Å². The number of ether oxygens (including phenoxy) is 1. The average Bonchev–Trinajstić information content (AvgIpc) is 3.23. The number of nitrogens with one attached hydrogen (secondary N) is 1. The lowest BCUT2D eigenvalue weighted by atomic mass is 10.1. The molecule has 0 spiro atoms. The van der Waals surface area contributed by atoms with Crippen molar-refractivity contribution in [3.05, 3.63) is 72.1 Å². The predicted octanol–water partition coefficient (Wildman–Crippen LogP) is 3.94. The summed E-state index contributed by atoms with van der Waals surface area (Å²) in [5.41, 5.74) is 5.23. The van der Waals surface area contributed by atoms with Crippen molar-refractivity contribution < 1.29 is 4.74 Å². The van der Waals surface area contributed by atoms with Crippen molar-refractivity contribution >= 4 is 11.0 Å². The number of rotatable bonds is 4. The van der Waals surface area contributed by atoms with Gasteiger partial charge in [0.15, 0.2) is 0 Å². The maximum Gasteiger partial charge on any atom is 0.146 e. The summed E-state index contributed by atoms with van der Waals surface area (Å²) in [5.74, 6) is 1.74. The number of benzene rings is 2. The molecule has 1 N–H and O–H groups in total. The van der Waals surface area contributed by atoms with Gasteiger partial charge in [-0.2, -0.15) is 0 Å². The monoisotopic (exact) mass is 318 g/mol. The normalized spacial score (nSPS) is 11.1. The molecule has 0 aliphatic carbocycles. The molecule has 120 valence electrons. The Morgan fingerprint density at radius 2 is 1.96 bits per heavy atom. The van der Waals surface area contributed by atoms with E-state index in [9.17, 15) is 0 Å². The third-order valence-corrected chi connectivity index (χ3v) is 4.08. The molecule has 2 aromatic carbocycles. The van der Waals surface area contributed by atoms with Gasteiger partial charge in [0.1, 0.15) is 18.2 Å². The van der Waals surface area contributed by atoms with Gasteiger partial charge in [-0.1, -0.05) is 18.2 Å². The van der Waals surface area contributed by atoms with Crippen LogP contribution in [0.1, 0.15) is 17.0 Å². The molecule has 0 saturated carbocycles. The van der Waals surface area contributed by atoms with Crippen molar-refractivity contribution in [2.75, 3.05) is 0 Å². The number of hydrogen-bond acceptors (Lipinski definition) is 3. The zero-order valence-electron chi connectivity index (χ0n) is 13.7. The molecular weight excluding hydrogens is 300 g/mol. The Hall–Kier alpha value is -3.08. The number of imidazole rings is 2. The van der Waals surface area contributed by atoms with Crippen LogP contribution in [0.3, 0.4) is 0 Å². The highest BCUT2D eigenvalue weighted by Gasteiger charge is 2.08. The summed E-state index contributed by atoms with van der Waals surface area (Å²) in [6, 6.07) is 12.2.